The molecule has 1 aromatic rings. The number of esters is 2. The molecule has 1 atom stereocenters. The van der Waals surface area contributed by atoms with Crippen LogP contribution in [0.3, 0.4) is 0 Å². The van der Waals surface area contributed by atoms with Gasteiger partial charge in [0.05, 0.1) is 19.1 Å². The van der Waals surface area contributed by atoms with Crippen LogP contribution in [0.15, 0.2) is 36.0 Å². The van der Waals surface area contributed by atoms with Crippen LogP contribution in [-0.4, -0.2) is 24.1 Å². The van der Waals surface area contributed by atoms with Crippen molar-refractivity contribution >= 4 is 23.5 Å². The highest BCUT2D eigenvalue weighted by molar-refractivity contribution is 6.30. The minimum atomic E-state index is -0.566. The molecule has 0 saturated heterocycles. The van der Waals surface area contributed by atoms with Crippen LogP contribution < -0.4 is 5.32 Å². The highest BCUT2D eigenvalue weighted by atomic mass is 35.5. The average molecular weight is 382 g/mol. The highest BCUT2D eigenvalue weighted by Crippen LogP contribution is 2.23. The molecule has 0 bridgehead atoms. The molecule has 0 radical (unpaired) electrons. The van der Waals surface area contributed by atoms with Crippen molar-refractivity contribution in [2.45, 2.75) is 59.1 Å². The summed E-state index contributed by atoms with van der Waals surface area (Å²) in [5.41, 5.74) is 0.951. The Morgan fingerprint density at radius 1 is 1.27 bits per heavy atom. The van der Waals surface area contributed by atoms with E-state index in [9.17, 15) is 9.59 Å². The van der Waals surface area contributed by atoms with Gasteiger partial charge in [0, 0.05) is 16.8 Å². The van der Waals surface area contributed by atoms with Crippen LogP contribution in [0.5, 0.6) is 0 Å². The van der Waals surface area contributed by atoms with E-state index >= 15 is 0 Å². The molecule has 0 heterocycles. The van der Waals surface area contributed by atoms with Crippen molar-refractivity contribution in [3.63, 3.8) is 0 Å². The molecule has 1 unspecified atom stereocenters. The zero-order chi connectivity index (χ0) is 19.7. The van der Waals surface area contributed by atoms with Crippen molar-refractivity contribution in [1.29, 1.82) is 0 Å². The summed E-state index contributed by atoms with van der Waals surface area (Å²) < 4.78 is 10.4. The number of benzene rings is 1. The number of ether oxygens (including phenoxy) is 2. The SMILES string of the molecule is CCOC(=O)CC(N/C(=C\C(=O)OC(C)(C)C)CC)c1cccc(Cl)c1. The van der Waals surface area contributed by atoms with Crippen LogP contribution in [0.25, 0.3) is 0 Å². The van der Waals surface area contributed by atoms with E-state index in [0.717, 1.165) is 5.56 Å². The molecule has 0 amide bonds. The zero-order valence-corrected chi connectivity index (χ0v) is 16.9. The summed E-state index contributed by atoms with van der Waals surface area (Å²) in [6, 6.07) is 6.90. The lowest BCUT2D eigenvalue weighted by Gasteiger charge is -2.22. The molecule has 1 aromatic carbocycles. The topological polar surface area (TPSA) is 64.6 Å². The lowest BCUT2D eigenvalue weighted by Crippen LogP contribution is -2.27. The quantitative estimate of drug-likeness (QED) is 0.528. The number of carbonyl (C=O) groups is 2. The van der Waals surface area contributed by atoms with Crippen LogP contribution in [0.2, 0.25) is 5.02 Å². The van der Waals surface area contributed by atoms with Gasteiger partial charge in [0.2, 0.25) is 0 Å². The van der Waals surface area contributed by atoms with Crippen molar-refractivity contribution in [3.8, 4) is 0 Å². The Labute approximate surface area is 160 Å². The fourth-order valence-corrected chi connectivity index (χ4v) is 2.50. The summed E-state index contributed by atoms with van der Waals surface area (Å²) in [6.45, 7) is 9.44. The second kappa shape index (κ2) is 10.2. The highest BCUT2D eigenvalue weighted by Gasteiger charge is 2.19. The van der Waals surface area contributed by atoms with Gasteiger partial charge in [-0.05, 0) is 51.8 Å². The summed E-state index contributed by atoms with van der Waals surface area (Å²) in [5.74, 6) is -0.750. The minimum absolute atomic E-state index is 0.125. The normalized spacial score (nSPS) is 13.1. The van der Waals surface area contributed by atoms with E-state index < -0.39 is 11.6 Å². The molecular weight excluding hydrogens is 354 g/mol. The van der Waals surface area contributed by atoms with Crippen molar-refractivity contribution in [3.05, 3.63) is 46.6 Å². The molecule has 6 heteroatoms. The van der Waals surface area contributed by atoms with Crippen LogP contribution in [-0.2, 0) is 19.1 Å². The van der Waals surface area contributed by atoms with Crippen LogP contribution in [0, 0.1) is 0 Å². The first-order chi connectivity index (χ1) is 12.1. The van der Waals surface area contributed by atoms with Gasteiger partial charge >= 0.3 is 11.9 Å². The number of allylic oxidation sites excluding steroid dienone is 1. The maximum absolute atomic E-state index is 12.1. The number of hydrogen-bond acceptors (Lipinski definition) is 5. The number of halogens is 1. The third kappa shape index (κ3) is 8.39. The van der Waals surface area contributed by atoms with Crippen LogP contribution >= 0.6 is 11.6 Å². The monoisotopic (exact) mass is 381 g/mol. The Hall–Kier alpha value is -2.01. The molecule has 0 spiro atoms. The maximum atomic E-state index is 12.1. The molecule has 26 heavy (non-hydrogen) atoms. The van der Waals surface area contributed by atoms with E-state index in [1.165, 1.54) is 6.08 Å². The predicted octanol–water partition coefficient (Wildman–Crippen LogP) is 4.56. The summed E-state index contributed by atoms with van der Waals surface area (Å²) in [6.07, 6.45) is 2.13. The molecule has 1 rings (SSSR count). The maximum Gasteiger partial charge on any atom is 0.333 e. The van der Waals surface area contributed by atoms with Gasteiger partial charge in [0.15, 0.2) is 0 Å². The van der Waals surface area contributed by atoms with E-state index in [1.807, 2.05) is 39.8 Å². The third-order valence-corrected chi connectivity index (χ3v) is 3.60. The first-order valence-corrected chi connectivity index (χ1v) is 9.13. The van der Waals surface area contributed by atoms with Crippen molar-refractivity contribution < 1.29 is 19.1 Å². The Morgan fingerprint density at radius 2 is 1.96 bits per heavy atom. The van der Waals surface area contributed by atoms with Gasteiger partial charge in [0.1, 0.15) is 5.60 Å². The van der Waals surface area contributed by atoms with Gasteiger partial charge in [-0.3, -0.25) is 4.79 Å². The van der Waals surface area contributed by atoms with Gasteiger partial charge in [-0.25, -0.2) is 4.79 Å². The Kier molecular flexibility index (Phi) is 8.66. The Bertz CT molecular complexity index is 649. The van der Waals surface area contributed by atoms with Gasteiger partial charge in [-0.1, -0.05) is 30.7 Å². The molecule has 0 aliphatic heterocycles. The molecule has 144 valence electrons. The van der Waals surface area contributed by atoms with Gasteiger partial charge in [-0.2, -0.15) is 0 Å². The standard InChI is InChI=1S/C20H28ClNO4/c1-6-16(12-19(24)26-20(3,4)5)22-17(13-18(23)25-7-2)14-9-8-10-15(21)11-14/h8-12,17,22H,6-7,13H2,1-5H3/b16-12-. The first-order valence-electron chi connectivity index (χ1n) is 8.75. The second-order valence-electron chi connectivity index (χ2n) is 6.82. The van der Waals surface area contributed by atoms with Crippen molar-refractivity contribution in [2.24, 2.45) is 0 Å². The van der Waals surface area contributed by atoms with Crippen molar-refractivity contribution in [2.75, 3.05) is 6.61 Å². The Morgan fingerprint density at radius 3 is 2.50 bits per heavy atom. The van der Waals surface area contributed by atoms with Crippen LogP contribution in [0.4, 0.5) is 0 Å². The lowest BCUT2D eigenvalue weighted by atomic mass is 10.0. The second-order valence-corrected chi connectivity index (χ2v) is 7.25. The number of hydrogen-bond donors (Lipinski definition) is 1. The van der Waals surface area contributed by atoms with E-state index in [4.69, 9.17) is 21.1 Å². The van der Waals surface area contributed by atoms with E-state index in [1.54, 1.807) is 19.1 Å². The molecule has 5 nitrogen and oxygen atoms in total. The summed E-state index contributed by atoms with van der Waals surface area (Å²) >= 11 is 6.08. The molecule has 1 N–H and O–H groups in total. The van der Waals surface area contributed by atoms with E-state index in [2.05, 4.69) is 5.32 Å². The summed E-state index contributed by atoms with van der Waals surface area (Å²) in [5, 5.41) is 3.83. The number of carbonyl (C=O) groups excluding carboxylic acids is 2. The first kappa shape index (κ1) is 22.0. The fourth-order valence-electron chi connectivity index (χ4n) is 2.31. The zero-order valence-electron chi connectivity index (χ0n) is 16.1. The van der Waals surface area contributed by atoms with Gasteiger partial charge < -0.3 is 14.8 Å². The fraction of sp³-hybridized carbons (Fsp3) is 0.500. The molecule has 0 saturated carbocycles. The summed E-state index contributed by atoms with van der Waals surface area (Å²) in [4.78, 5) is 24.1. The lowest BCUT2D eigenvalue weighted by molar-refractivity contribution is -0.148. The summed E-state index contributed by atoms with van der Waals surface area (Å²) in [7, 11) is 0. The van der Waals surface area contributed by atoms with Gasteiger partial charge in [-0.15, -0.1) is 0 Å². The molecule has 0 aromatic heterocycles. The predicted molar refractivity (Wildman–Crippen MR) is 103 cm³/mol. The Balaban J connectivity index is 3.01. The number of rotatable bonds is 8. The van der Waals surface area contributed by atoms with E-state index in [-0.39, 0.29) is 18.4 Å². The minimum Gasteiger partial charge on any atom is -0.466 e. The third-order valence-electron chi connectivity index (χ3n) is 3.37. The molecule has 0 aliphatic rings. The average Bonchev–Trinajstić information content (AvgIpc) is 2.51. The smallest absolute Gasteiger partial charge is 0.333 e. The van der Waals surface area contributed by atoms with Crippen LogP contribution in [0.1, 0.15) is 59.1 Å². The molecule has 0 aliphatic carbocycles. The van der Waals surface area contributed by atoms with Crippen molar-refractivity contribution in [1.82, 2.24) is 5.32 Å². The largest absolute Gasteiger partial charge is 0.466 e. The van der Waals surface area contributed by atoms with Gasteiger partial charge in [0.25, 0.3) is 0 Å². The molecule has 0 fully saturated rings. The molecular formula is C20H28ClNO4. The number of nitrogens with one attached hydrogen (secondary N) is 1. The van der Waals surface area contributed by atoms with E-state index in [0.29, 0.717) is 23.7 Å².